The van der Waals surface area contributed by atoms with Crippen molar-refractivity contribution in [3.63, 3.8) is 0 Å². The topological polar surface area (TPSA) is 124 Å². The molecule has 4 amide bonds. The van der Waals surface area contributed by atoms with Crippen molar-refractivity contribution in [1.29, 1.82) is 0 Å². The van der Waals surface area contributed by atoms with Crippen LogP contribution < -0.4 is 14.8 Å². The minimum Gasteiger partial charge on any atom is -0.490 e. The van der Waals surface area contributed by atoms with Gasteiger partial charge in [-0.05, 0) is 49.2 Å². The molecule has 0 radical (unpaired) electrons. The van der Waals surface area contributed by atoms with Crippen molar-refractivity contribution >= 4 is 29.9 Å². The number of carbonyl (C=O) groups is 4. The highest BCUT2D eigenvalue weighted by Crippen LogP contribution is 2.35. The standard InChI is InChI=1S/C24H24N2O8/c1-4-7-16-10-15(12-19(32-5-2)21(16)34-14-20(27)31-3)11-18-22(28)25-24(30)26(23(18)29)13-17-8-6-9-33-17/h4,6,8-12H,1,5,7,13-14H2,2-3H3,(H,25,28,30). The van der Waals surface area contributed by atoms with Gasteiger partial charge in [0.15, 0.2) is 18.1 Å². The number of hydrogen-bond acceptors (Lipinski definition) is 8. The maximum atomic E-state index is 13.0. The van der Waals surface area contributed by atoms with Crippen molar-refractivity contribution in [2.45, 2.75) is 19.9 Å². The summed E-state index contributed by atoms with van der Waals surface area (Å²) in [6.45, 7) is 5.35. The first-order valence-electron chi connectivity index (χ1n) is 10.4. The summed E-state index contributed by atoms with van der Waals surface area (Å²) in [5.41, 5.74) is 0.835. The zero-order valence-corrected chi connectivity index (χ0v) is 18.8. The van der Waals surface area contributed by atoms with Crippen molar-refractivity contribution in [1.82, 2.24) is 10.2 Å². The molecule has 10 nitrogen and oxygen atoms in total. The van der Waals surface area contributed by atoms with E-state index in [9.17, 15) is 19.2 Å². The fourth-order valence-corrected chi connectivity index (χ4v) is 3.25. The molecule has 0 atom stereocenters. The molecule has 0 unspecified atom stereocenters. The van der Waals surface area contributed by atoms with Crippen LogP contribution in [0.1, 0.15) is 23.8 Å². The number of allylic oxidation sites excluding steroid dienone is 1. The summed E-state index contributed by atoms with van der Waals surface area (Å²) in [6.07, 6.45) is 4.77. The lowest BCUT2D eigenvalue weighted by molar-refractivity contribution is -0.143. The maximum Gasteiger partial charge on any atom is 0.343 e. The van der Waals surface area contributed by atoms with Crippen LogP contribution in [0.25, 0.3) is 6.08 Å². The molecular weight excluding hydrogens is 444 g/mol. The monoisotopic (exact) mass is 468 g/mol. The number of rotatable bonds is 10. The second-order valence-electron chi connectivity index (χ2n) is 7.09. The third kappa shape index (κ3) is 5.52. The Bertz CT molecular complexity index is 1130. The number of urea groups is 1. The van der Waals surface area contributed by atoms with Gasteiger partial charge in [0.05, 0.1) is 26.5 Å². The molecule has 0 bridgehead atoms. The lowest BCUT2D eigenvalue weighted by Gasteiger charge is -2.25. The van der Waals surface area contributed by atoms with Crippen LogP contribution in [0.3, 0.4) is 0 Å². The summed E-state index contributed by atoms with van der Waals surface area (Å²) in [7, 11) is 1.25. The van der Waals surface area contributed by atoms with Crippen LogP contribution in [0.5, 0.6) is 11.5 Å². The molecule has 3 rings (SSSR count). The number of amides is 4. The summed E-state index contributed by atoms with van der Waals surface area (Å²) < 4.78 is 21.1. The van der Waals surface area contributed by atoms with E-state index in [0.717, 1.165) is 4.90 Å². The number of furan rings is 1. The van der Waals surface area contributed by atoms with Gasteiger partial charge in [-0.1, -0.05) is 6.08 Å². The summed E-state index contributed by atoms with van der Waals surface area (Å²) >= 11 is 0. The van der Waals surface area contributed by atoms with Crippen LogP contribution in [0, 0.1) is 0 Å². The van der Waals surface area contributed by atoms with Gasteiger partial charge < -0.3 is 18.6 Å². The van der Waals surface area contributed by atoms with Crippen molar-refractivity contribution in [2.24, 2.45) is 0 Å². The van der Waals surface area contributed by atoms with Gasteiger partial charge >= 0.3 is 12.0 Å². The zero-order chi connectivity index (χ0) is 24.7. The predicted molar refractivity (Wildman–Crippen MR) is 120 cm³/mol. The Morgan fingerprint density at radius 1 is 1.24 bits per heavy atom. The number of methoxy groups -OCH3 is 1. The second kappa shape index (κ2) is 11.0. The number of hydrogen-bond donors (Lipinski definition) is 1. The molecule has 0 spiro atoms. The molecule has 1 aliphatic heterocycles. The highest BCUT2D eigenvalue weighted by atomic mass is 16.6. The van der Waals surface area contributed by atoms with Gasteiger partial charge in [0.1, 0.15) is 11.3 Å². The Balaban J connectivity index is 1.99. The number of esters is 1. The molecule has 1 N–H and O–H groups in total. The minimum absolute atomic E-state index is 0.130. The Morgan fingerprint density at radius 2 is 2.03 bits per heavy atom. The van der Waals surface area contributed by atoms with Gasteiger partial charge in [0.2, 0.25) is 0 Å². The van der Waals surface area contributed by atoms with Gasteiger partial charge in [-0.2, -0.15) is 0 Å². The summed E-state index contributed by atoms with van der Waals surface area (Å²) in [5, 5.41) is 2.17. The molecule has 34 heavy (non-hydrogen) atoms. The number of imide groups is 2. The van der Waals surface area contributed by atoms with Crippen molar-refractivity contribution in [2.75, 3.05) is 20.3 Å². The number of barbiturate groups is 1. The Morgan fingerprint density at radius 3 is 2.68 bits per heavy atom. The molecule has 0 saturated carbocycles. The Hall–Kier alpha value is -4.34. The van der Waals surface area contributed by atoms with Gasteiger partial charge in [-0.25, -0.2) is 9.59 Å². The van der Waals surface area contributed by atoms with Crippen LogP contribution >= 0.6 is 0 Å². The molecule has 1 aromatic heterocycles. The third-order valence-corrected chi connectivity index (χ3v) is 4.77. The largest absolute Gasteiger partial charge is 0.490 e. The van der Waals surface area contributed by atoms with Crippen LogP contribution in [0.15, 0.2) is 53.2 Å². The number of nitrogens with zero attached hydrogens (tertiary/aromatic N) is 1. The molecule has 1 saturated heterocycles. The van der Waals surface area contributed by atoms with Crippen molar-refractivity contribution in [3.05, 3.63) is 65.6 Å². The average Bonchev–Trinajstić information content (AvgIpc) is 3.32. The van der Waals surface area contributed by atoms with Crippen molar-refractivity contribution < 1.29 is 37.8 Å². The normalized spacial score (nSPS) is 14.7. The number of benzene rings is 1. The van der Waals surface area contributed by atoms with E-state index in [1.54, 1.807) is 37.3 Å². The van der Waals surface area contributed by atoms with E-state index >= 15 is 0 Å². The molecule has 1 aromatic carbocycles. The average molecular weight is 468 g/mol. The molecule has 10 heteroatoms. The minimum atomic E-state index is -0.836. The highest BCUT2D eigenvalue weighted by Gasteiger charge is 2.36. The first-order valence-corrected chi connectivity index (χ1v) is 10.4. The lowest BCUT2D eigenvalue weighted by atomic mass is 10.0. The molecular formula is C24H24N2O8. The van der Waals surface area contributed by atoms with E-state index in [1.165, 1.54) is 19.4 Å². The molecule has 178 valence electrons. The van der Waals surface area contributed by atoms with Crippen LogP contribution in [0.2, 0.25) is 0 Å². The summed E-state index contributed by atoms with van der Waals surface area (Å²) in [6, 6.07) is 5.66. The number of nitrogens with one attached hydrogen (secondary N) is 1. The SMILES string of the molecule is C=CCc1cc(C=C2C(=O)NC(=O)N(Cc3ccco3)C2=O)cc(OCC)c1OCC(=O)OC. The fourth-order valence-electron chi connectivity index (χ4n) is 3.25. The van der Waals surface area contributed by atoms with E-state index < -0.39 is 23.8 Å². The first kappa shape index (κ1) is 24.3. The second-order valence-corrected chi connectivity index (χ2v) is 7.09. The molecule has 1 aliphatic rings. The van der Waals surface area contributed by atoms with E-state index in [2.05, 4.69) is 16.6 Å². The molecule has 1 fully saturated rings. The summed E-state index contributed by atoms with van der Waals surface area (Å²) in [5.74, 6) is -1.13. The fraction of sp³-hybridized carbons (Fsp3) is 0.250. The van der Waals surface area contributed by atoms with Gasteiger partial charge in [0.25, 0.3) is 11.8 Å². The quantitative estimate of drug-likeness (QED) is 0.244. The van der Waals surface area contributed by atoms with Crippen molar-refractivity contribution in [3.8, 4) is 11.5 Å². The van der Waals surface area contributed by atoms with Crippen LogP contribution in [0.4, 0.5) is 4.79 Å². The Labute approximate surface area is 195 Å². The zero-order valence-electron chi connectivity index (χ0n) is 18.8. The van der Waals surface area contributed by atoms with E-state index in [0.29, 0.717) is 41.4 Å². The third-order valence-electron chi connectivity index (χ3n) is 4.77. The van der Waals surface area contributed by atoms with Gasteiger partial charge in [-0.15, -0.1) is 6.58 Å². The smallest absolute Gasteiger partial charge is 0.343 e. The molecule has 2 heterocycles. The first-order chi connectivity index (χ1) is 16.4. The van der Waals surface area contributed by atoms with Gasteiger partial charge in [-0.3, -0.25) is 19.8 Å². The Kier molecular flexibility index (Phi) is 7.86. The summed E-state index contributed by atoms with van der Waals surface area (Å²) in [4.78, 5) is 50.1. The van der Waals surface area contributed by atoms with E-state index in [4.69, 9.17) is 13.9 Å². The van der Waals surface area contributed by atoms with Crippen LogP contribution in [-0.2, 0) is 32.1 Å². The number of carbonyl (C=O) groups excluding carboxylic acids is 4. The molecule has 0 aliphatic carbocycles. The molecule has 2 aromatic rings. The maximum absolute atomic E-state index is 13.0. The van der Waals surface area contributed by atoms with Crippen LogP contribution in [-0.4, -0.2) is 49.0 Å². The van der Waals surface area contributed by atoms with E-state index in [-0.39, 0.29) is 18.7 Å². The van der Waals surface area contributed by atoms with E-state index in [1.807, 2.05) is 0 Å². The van der Waals surface area contributed by atoms with Gasteiger partial charge in [0, 0.05) is 5.56 Å². The lowest BCUT2D eigenvalue weighted by Crippen LogP contribution is -2.53. The highest BCUT2D eigenvalue weighted by molar-refractivity contribution is 6.30. The number of ether oxygens (including phenoxy) is 3. The predicted octanol–water partition coefficient (Wildman–Crippen LogP) is 2.62.